The van der Waals surface area contributed by atoms with E-state index in [4.69, 9.17) is 4.98 Å². The van der Waals surface area contributed by atoms with Crippen LogP contribution in [-0.2, 0) is 10.0 Å². The Morgan fingerprint density at radius 2 is 1.89 bits per heavy atom. The van der Waals surface area contributed by atoms with Crippen LogP contribution in [0.15, 0.2) is 76.2 Å². The van der Waals surface area contributed by atoms with Crippen molar-refractivity contribution < 1.29 is 13.4 Å². The summed E-state index contributed by atoms with van der Waals surface area (Å²) in [7, 11) is -4.27. The van der Waals surface area contributed by atoms with Gasteiger partial charge in [0.15, 0.2) is 5.65 Å². The zero-order valence-corrected chi connectivity index (χ0v) is 21.4. The van der Waals surface area contributed by atoms with E-state index >= 15 is 0 Å². The molecule has 2 aromatic carbocycles. The molecule has 0 bridgehead atoms. The first-order valence-corrected chi connectivity index (χ1v) is 13.5. The molecule has 3 N–H and O–H groups in total. The molecule has 1 atom stereocenters. The van der Waals surface area contributed by atoms with Gasteiger partial charge in [-0.1, -0.05) is 30.3 Å². The molecule has 0 spiro atoms. The van der Waals surface area contributed by atoms with Gasteiger partial charge in [-0.05, 0) is 60.0 Å². The Bertz CT molecular complexity index is 1450. The summed E-state index contributed by atoms with van der Waals surface area (Å²) < 4.78 is 31.0. The summed E-state index contributed by atoms with van der Waals surface area (Å²) >= 11 is 3.51. The van der Waals surface area contributed by atoms with Gasteiger partial charge in [0.2, 0.25) is 10.0 Å². The highest BCUT2D eigenvalue weighted by Gasteiger charge is 2.30. The molecule has 35 heavy (non-hydrogen) atoms. The van der Waals surface area contributed by atoms with Crippen molar-refractivity contribution >= 4 is 50.2 Å². The first-order valence-electron chi connectivity index (χ1n) is 11.2. The molecule has 0 amide bonds. The molecule has 1 aliphatic rings. The Morgan fingerprint density at radius 1 is 1.14 bits per heavy atom. The van der Waals surface area contributed by atoms with E-state index in [-0.39, 0.29) is 10.9 Å². The fourth-order valence-corrected chi connectivity index (χ4v) is 5.77. The van der Waals surface area contributed by atoms with Crippen LogP contribution in [0.25, 0.3) is 16.9 Å². The van der Waals surface area contributed by atoms with Gasteiger partial charge in [0.05, 0.1) is 21.3 Å². The van der Waals surface area contributed by atoms with Crippen molar-refractivity contribution in [1.29, 1.82) is 0 Å². The number of benzene rings is 2. The van der Waals surface area contributed by atoms with Crippen molar-refractivity contribution in [2.24, 2.45) is 0 Å². The minimum absolute atomic E-state index is 0.185. The van der Waals surface area contributed by atoms with E-state index in [1.165, 1.54) is 0 Å². The Hall–Kier alpha value is -2.77. The highest BCUT2D eigenvalue weighted by Crippen LogP contribution is 2.28. The molecule has 1 aliphatic heterocycles. The lowest BCUT2D eigenvalue weighted by Crippen LogP contribution is -2.40. The van der Waals surface area contributed by atoms with Crippen molar-refractivity contribution in [2.45, 2.75) is 24.2 Å². The van der Waals surface area contributed by atoms with Gasteiger partial charge in [-0.2, -0.15) is 9.61 Å². The predicted octanol–water partition coefficient (Wildman–Crippen LogP) is 3.37. The Labute approximate surface area is 212 Å². The lowest BCUT2D eigenvalue weighted by Gasteiger charge is -2.17. The second-order valence-corrected chi connectivity index (χ2v) is 11.1. The lowest BCUT2D eigenvalue weighted by molar-refractivity contribution is 0.417. The zero-order chi connectivity index (χ0) is 24.6. The van der Waals surface area contributed by atoms with Crippen molar-refractivity contribution in [1.82, 2.24) is 24.1 Å². The van der Waals surface area contributed by atoms with Gasteiger partial charge in [0.25, 0.3) is 0 Å². The molecular formula is C23H24BBrN6O3S. The van der Waals surface area contributed by atoms with Gasteiger partial charge in [-0.3, -0.25) is 0 Å². The molecule has 0 unspecified atom stereocenters. The molecule has 12 heteroatoms. The van der Waals surface area contributed by atoms with Crippen LogP contribution in [0, 0.1) is 0 Å². The topological polar surface area (TPSA) is 112 Å². The molecule has 1 saturated heterocycles. The van der Waals surface area contributed by atoms with Crippen LogP contribution in [0.4, 0.5) is 11.5 Å². The van der Waals surface area contributed by atoms with Crippen LogP contribution in [0.5, 0.6) is 0 Å². The number of nitrogens with one attached hydrogen (secondary N) is 2. The number of sulfonamides is 1. The van der Waals surface area contributed by atoms with Crippen LogP contribution in [0.3, 0.4) is 0 Å². The molecule has 3 heterocycles. The number of hydrogen-bond donors (Lipinski definition) is 3. The van der Waals surface area contributed by atoms with E-state index in [0.29, 0.717) is 36.7 Å². The molecule has 9 nitrogen and oxygen atoms in total. The minimum atomic E-state index is -3.68. The maximum atomic E-state index is 12.9. The Balaban J connectivity index is 1.37. The zero-order valence-electron chi connectivity index (χ0n) is 19.0. The van der Waals surface area contributed by atoms with E-state index in [1.807, 2.05) is 41.2 Å². The van der Waals surface area contributed by atoms with Crippen LogP contribution in [-0.4, -0.2) is 59.0 Å². The summed E-state index contributed by atoms with van der Waals surface area (Å²) in [6.07, 6.45) is 2.34. The maximum Gasteiger partial charge on any atom is 0.376 e. The highest BCUT2D eigenvalue weighted by molar-refractivity contribution is 9.10. The first-order chi connectivity index (χ1) is 16.8. The fraction of sp³-hybridized carbons (Fsp3) is 0.217. The van der Waals surface area contributed by atoms with Gasteiger partial charge in [0, 0.05) is 29.9 Å². The van der Waals surface area contributed by atoms with E-state index in [9.17, 15) is 13.4 Å². The van der Waals surface area contributed by atoms with Crippen LogP contribution < -0.4 is 10.0 Å². The molecule has 1 fully saturated rings. The smallest absolute Gasteiger partial charge is 0.376 e. The molecule has 5 rings (SSSR count). The van der Waals surface area contributed by atoms with Gasteiger partial charge >= 0.3 is 7.05 Å². The number of nitrogens with zero attached hydrogens (tertiary/aromatic N) is 4. The van der Waals surface area contributed by atoms with Crippen molar-refractivity contribution in [3.63, 3.8) is 0 Å². The van der Waals surface area contributed by atoms with Gasteiger partial charge < -0.3 is 15.2 Å². The number of hydrogen-bond acceptors (Lipinski definition) is 7. The van der Waals surface area contributed by atoms with Crippen LogP contribution in [0.1, 0.15) is 6.42 Å². The van der Waals surface area contributed by atoms with Gasteiger partial charge in [0.1, 0.15) is 5.82 Å². The molecule has 0 aliphatic carbocycles. The monoisotopic (exact) mass is 554 g/mol. The van der Waals surface area contributed by atoms with Gasteiger partial charge in [-0.15, -0.1) is 0 Å². The standard InChI is InChI=1S/C23H24BBrN6O3S/c1-24(32)30-12-11-18(15-30)29-35(33,34)19-9-7-17(8-10-19)27-22-13-21(16-5-3-2-4-6-16)28-23-20(25)14-26-31(22)23/h2-10,13-14,18,27,29,32H,11-12,15H2,1H3/t18-/m1/s1. The van der Waals surface area contributed by atoms with E-state index in [2.05, 4.69) is 31.1 Å². The van der Waals surface area contributed by atoms with E-state index in [1.54, 1.807) is 41.8 Å². The summed E-state index contributed by atoms with van der Waals surface area (Å²) in [5.74, 6) is 0.692. The Kier molecular flexibility index (Phi) is 6.64. The average Bonchev–Trinajstić information content (AvgIpc) is 3.47. The summed E-state index contributed by atoms with van der Waals surface area (Å²) in [5.41, 5.74) is 3.14. The third kappa shape index (κ3) is 5.12. The lowest BCUT2D eigenvalue weighted by atomic mass is 9.86. The molecule has 2 aromatic heterocycles. The molecular weight excluding hydrogens is 531 g/mol. The van der Waals surface area contributed by atoms with Crippen LogP contribution >= 0.6 is 15.9 Å². The van der Waals surface area contributed by atoms with E-state index < -0.39 is 17.1 Å². The normalized spacial score (nSPS) is 16.6. The average molecular weight is 555 g/mol. The summed E-state index contributed by atoms with van der Waals surface area (Å²) in [6, 6.07) is 18.1. The van der Waals surface area contributed by atoms with Crippen molar-refractivity contribution in [2.75, 3.05) is 18.4 Å². The summed E-state index contributed by atoms with van der Waals surface area (Å²) in [6.45, 7) is 2.82. The van der Waals surface area contributed by atoms with Crippen molar-refractivity contribution in [3.8, 4) is 11.3 Å². The number of halogens is 1. The second-order valence-electron chi connectivity index (χ2n) is 8.50. The third-order valence-electron chi connectivity index (χ3n) is 6.01. The number of anilines is 2. The largest absolute Gasteiger partial charge is 0.437 e. The summed E-state index contributed by atoms with van der Waals surface area (Å²) in [4.78, 5) is 6.75. The molecule has 4 aromatic rings. The quantitative estimate of drug-likeness (QED) is 0.300. The minimum Gasteiger partial charge on any atom is -0.437 e. The predicted molar refractivity (Wildman–Crippen MR) is 140 cm³/mol. The fourth-order valence-electron chi connectivity index (χ4n) is 4.16. The third-order valence-corrected chi connectivity index (χ3v) is 8.10. The number of fused-ring (bicyclic) bond motifs is 1. The number of rotatable bonds is 7. The van der Waals surface area contributed by atoms with Crippen LogP contribution in [0.2, 0.25) is 6.82 Å². The van der Waals surface area contributed by atoms with Crippen molar-refractivity contribution in [3.05, 3.63) is 71.3 Å². The highest BCUT2D eigenvalue weighted by atomic mass is 79.9. The molecule has 0 saturated carbocycles. The van der Waals surface area contributed by atoms with E-state index in [0.717, 1.165) is 15.7 Å². The number of aromatic nitrogens is 3. The molecule has 0 radical (unpaired) electrons. The maximum absolute atomic E-state index is 12.9. The molecule has 180 valence electrons. The summed E-state index contributed by atoms with van der Waals surface area (Å²) in [5, 5.41) is 17.4. The van der Waals surface area contributed by atoms with Gasteiger partial charge in [-0.25, -0.2) is 18.1 Å². The SMILES string of the molecule is CB(O)N1CC[C@@H](NS(=O)(=O)c2ccc(Nc3cc(-c4ccccc4)nc4c(Br)cnn34)cc2)C1. The first kappa shape index (κ1) is 24.0. The Morgan fingerprint density at radius 3 is 2.57 bits per heavy atom. The second kappa shape index (κ2) is 9.71.